The lowest BCUT2D eigenvalue weighted by molar-refractivity contribution is 0.146. The molecule has 1 fully saturated rings. The first-order valence-corrected chi connectivity index (χ1v) is 12.8. The van der Waals surface area contributed by atoms with E-state index in [1.165, 1.54) is 43.2 Å². The Kier molecular flexibility index (Phi) is 6.60. The number of fused-ring (bicyclic) bond motifs is 1. The van der Waals surface area contributed by atoms with Crippen LogP contribution >= 0.6 is 0 Å². The van der Waals surface area contributed by atoms with Crippen LogP contribution in [0.2, 0.25) is 0 Å². The average molecular weight is 512 g/mol. The zero-order valence-corrected chi connectivity index (χ0v) is 20.2. The number of aromatic nitrogens is 3. The highest BCUT2D eigenvalue weighted by Crippen LogP contribution is 2.38. The second kappa shape index (κ2) is 9.21. The van der Waals surface area contributed by atoms with Crippen LogP contribution in [-0.4, -0.2) is 37.3 Å². The van der Waals surface area contributed by atoms with Gasteiger partial charge in [0.2, 0.25) is 0 Å². The van der Waals surface area contributed by atoms with Crippen LogP contribution in [0.3, 0.4) is 0 Å². The van der Waals surface area contributed by atoms with E-state index < -0.39 is 44.8 Å². The number of hydrogen-bond acceptors (Lipinski definition) is 6. The molecule has 1 aromatic carbocycles. The van der Waals surface area contributed by atoms with Gasteiger partial charge in [-0.3, -0.25) is 9.36 Å². The summed E-state index contributed by atoms with van der Waals surface area (Å²) in [4.78, 5) is 21.4. The Hall–Kier alpha value is -3.02. The number of aryl methyl sites for hydroxylation is 1. The summed E-state index contributed by atoms with van der Waals surface area (Å²) < 4.78 is 74.6. The van der Waals surface area contributed by atoms with E-state index in [0.717, 1.165) is 6.07 Å². The molecule has 1 saturated heterocycles. The molecule has 35 heavy (non-hydrogen) atoms. The number of hydrogen-bond donors (Lipinski definition) is 1. The molecule has 3 aromatic rings. The van der Waals surface area contributed by atoms with Gasteiger partial charge in [-0.05, 0) is 25.8 Å². The predicted molar refractivity (Wildman–Crippen MR) is 126 cm³/mol. The molecule has 0 spiro atoms. The molecule has 0 aliphatic carbocycles. The monoisotopic (exact) mass is 511 g/mol. The van der Waals surface area contributed by atoms with Crippen molar-refractivity contribution in [2.24, 2.45) is 11.4 Å². The van der Waals surface area contributed by atoms with Crippen molar-refractivity contribution in [2.75, 3.05) is 23.9 Å². The van der Waals surface area contributed by atoms with Gasteiger partial charge in [0.25, 0.3) is 12.0 Å². The Balaban J connectivity index is 1.77. The first-order chi connectivity index (χ1) is 16.5. The molecular weight excluding hydrogens is 486 g/mol. The van der Waals surface area contributed by atoms with E-state index in [1.807, 2.05) is 0 Å². The minimum absolute atomic E-state index is 0.00641. The van der Waals surface area contributed by atoms with Crippen LogP contribution in [0, 0.1) is 5.82 Å². The molecule has 1 atom stereocenters. The fraction of sp³-hybridized carbons (Fsp3) is 0.435. The summed E-state index contributed by atoms with van der Waals surface area (Å²) in [6, 6.07) is 4.34. The highest BCUT2D eigenvalue weighted by molar-refractivity contribution is 7.93. The molecule has 1 aliphatic rings. The van der Waals surface area contributed by atoms with Gasteiger partial charge < -0.3 is 5.32 Å². The molecule has 1 aliphatic heterocycles. The van der Waals surface area contributed by atoms with Gasteiger partial charge in [0.1, 0.15) is 29.3 Å². The summed E-state index contributed by atoms with van der Waals surface area (Å²) in [7, 11) is 0.408. The highest BCUT2D eigenvalue weighted by atomic mass is 32.2. The molecule has 0 saturated carbocycles. The summed E-state index contributed by atoms with van der Waals surface area (Å²) in [5, 5.41) is 3.30. The van der Waals surface area contributed by atoms with Crippen molar-refractivity contribution in [1.82, 2.24) is 14.5 Å². The number of rotatable bonds is 5. The van der Waals surface area contributed by atoms with Gasteiger partial charge in [-0.25, -0.2) is 36.1 Å². The van der Waals surface area contributed by atoms with Crippen molar-refractivity contribution in [3.05, 3.63) is 63.5 Å². The van der Waals surface area contributed by atoms with Crippen molar-refractivity contribution in [3.63, 3.8) is 0 Å². The maximum absolute atomic E-state index is 16.0. The fourth-order valence-corrected chi connectivity index (χ4v) is 6.24. The number of pyridine rings is 1. The predicted octanol–water partition coefficient (Wildman–Crippen LogP) is 4.63. The minimum atomic E-state index is -2.97. The van der Waals surface area contributed by atoms with E-state index in [1.54, 1.807) is 6.92 Å². The number of nitrogens with zero attached hydrogens (tertiary/aromatic N) is 4. The van der Waals surface area contributed by atoms with Gasteiger partial charge in [0.15, 0.2) is 0 Å². The normalized spacial score (nSPS) is 23.4. The molecule has 188 valence electrons. The molecule has 12 heteroatoms. The number of nitrogens with one attached hydrogen (secondary N) is 1. The molecule has 0 amide bonds. The Morgan fingerprint density at radius 3 is 2.49 bits per heavy atom. The zero-order chi connectivity index (χ0) is 25.5. The van der Waals surface area contributed by atoms with Gasteiger partial charge in [0, 0.05) is 40.9 Å². The molecular formula is C23H25F4N5O2S. The first-order valence-electron chi connectivity index (χ1n) is 11.0. The maximum Gasteiger partial charge on any atom is 0.266 e. The Morgan fingerprint density at radius 1 is 1.20 bits per heavy atom. The van der Waals surface area contributed by atoms with Crippen LogP contribution in [0.5, 0.6) is 0 Å². The summed E-state index contributed by atoms with van der Waals surface area (Å²) in [5.74, 6) is -0.764. The van der Waals surface area contributed by atoms with E-state index in [0.29, 0.717) is 5.39 Å². The third kappa shape index (κ3) is 4.51. The van der Waals surface area contributed by atoms with Gasteiger partial charge >= 0.3 is 0 Å². The van der Waals surface area contributed by atoms with Crippen LogP contribution in [-0.2, 0) is 22.4 Å². The summed E-state index contributed by atoms with van der Waals surface area (Å²) >= 11 is 0. The number of anilines is 1. The lowest BCUT2D eigenvalue weighted by atomic mass is 9.90. The average Bonchev–Trinajstić information content (AvgIpc) is 2.83. The lowest BCUT2D eigenvalue weighted by Crippen LogP contribution is -2.39. The van der Waals surface area contributed by atoms with Crippen molar-refractivity contribution in [1.29, 1.82) is 0 Å². The van der Waals surface area contributed by atoms with Gasteiger partial charge in [0.05, 0.1) is 22.6 Å². The van der Waals surface area contributed by atoms with Crippen molar-refractivity contribution >= 4 is 26.6 Å². The highest BCUT2D eigenvalue weighted by Gasteiger charge is 2.40. The molecule has 3 heterocycles. The molecule has 4 rings (SSSR count). The quantitative estimate of drug-likeness (QED) is 0.505. The molecule has 2 aromatic heterocycles. The Bertz CT molecular complexity index is 1450. The topological polar surface area (TPSA) is 89.2 Å². The smallest absolute Gasteiger partial charge is 0.266 e. The van der Waals surface area contributed by atoms with Crippen LogP contribution in [0.15, 0.2) is 39.8 Å². The van der Waals surface area contributed by atoms with Crippen LogP contribution in [0.1, 0.15) is 48.9 Å². The summed E-state index contributed by atoms with van der Waals surface area (Å²) in [6.07, 6.45) is -2.01. The molecule has 7 nitrogen and oxygen atoms in total. The van der Waals surface area contributed by atoms with Crippen LogP contribution in [0.25, 0.3) is 11.0 Å². The number of benzene rings is 1. The van der Waals surface area contributed by atoms with Crippen molar-refractivity contribution in [2.45, 2.75) is 37.9 Å². The summed E-state index contributed by atoms with van der Waals surface area (Å²) in [5.41, 5.74) is -3.17. The molecule has 0 radical (unpaired) electrons. The number of alkyl halides is 3. The van der Waals surface area contributed by atoms with Crippen molar-refractivity contribution in [3.8, 4) is 0 Å². The van der Waals surface area contributed by atoms with E-state index in [4.69, 9.17) is 0 Å². The first kappa shape index (κ1) is 25.1. The summed E-state index contributed by atoms with van der Waals surface area (Å²) in [6.45, 7) is 1.58. The van der Waals surface area contributed by atoms with E-state index in [9.17, 15) is 22.2 Å². The standard InChI is InChI=1S/C23H25F4N5O2S/c1-13(14-5-4-6-15(18(14)24)19(25)26)31-20-16-11-17(22(33)32(3)21(16)30-12-29-20)23(27)7-9-35(34,28-2)10-8-23/h4-6,11-13,19H,7-10H2,1-3H3,(H,29,30,31)/t13-,23?,35?/m1/s1. The molecule has 1 N–H and O–H groups in total. The SMILES string of the molecule is CN=S1(=O)CCC(F)(c2cc3c(N[C@H](C)c4cccc(C(F)F)c4F)ncnc3n(C)c2=O)CC1. The third-order valence-electron chi connectivity index (χ3n) is 6.57. The molecule has 0 bridgehead atoms. The zero-order valence-electron chi connectivity index (χ0n) is 19.4. The van der Waals surface area contributed by atoms with Crippen LogP contribution < -0.4 is 10.9 Å². The maximum atomic E-state index is 16.0. The third-order valence-corrected chi connectivity index (χ3v) is 8.92. The second-order valence-corrected chi connectivity index (χ2v) is 11.4. The van der Waals surface area contributed by atoms with E-state index in [-0.39, 0.29) is 46.9 Å². The minimum Gasteiger partial charge on any atom is -0.363 e. The van der Waals surface area contributed by atoms with Crippen molar-refractivity contribution < 1.29 is 21.8 Å². The second-order valence-electron chi connectivity index (χ2n) is 8.63. The lowest BCUT2D eigenvalue weighted by Gasteiger charge is -2.31. The van der Waals surface area contributed by atoms with E-state index in [2.05, 4.69) is 19.6 Å². The largest absolute Gasteiger partial charge is 0.363 e. The Morgan fingerprint density at radius 2 is 1.86 bits per heavy atom. The fourth-order valence-electron chi connectivity index (χ4n) is 4.38. The van der Waals surface area contributed by atoms with E-state index >= 15 is 4.39 Å². The van der Waals surface area contributed by atoms with Crippen LogP contribution in [0.4, 0.5) is 23.4 Å². The van der Waals surface area contributed by atoms with Gasteiger partial charge in [-0.2, -0.15) is 0 Å². The van der Waals surface area contributed by atoms with Gasteiger partial charge in [-0.1, -0.05) is 18.2 Å². The number of halogens is 4. The molecule has 0 unspecified atom stereocenters. The Labute approximate surface area is 199 Å². The van der Waals surface area contributed by atoms with Gasteiger partial charge in [-0.15, -0.1) is 0 Å².